The van der Waals surface area contributed by atoms with Crippen LogP contribution in [-0.4, -0.2) is 18.8 Å². The first-order valence-electron chi connectivity index (χ1n) is 5.90. The normalized spacial score (nSPS) is 24.7. The van der Waals surface area contributed by atoms with E-state index in [1.165, 1.54) is 0 Å². The molecule has 1 aromatic carbocycles. The number of nitrogens with one attached hydrogen (secondary N) is 1. The van der Waals surface area contributed by atoms with Gasteiger partial charge in [0.05, 0.1) is 10.6 Å². The highest BCUT2D eigenvalue weighted by Crippen LogP contribution is 2.26. The molecule has 94 valence electrons. The van der Waals surface area contributed by atoms with Crippen LogP contribution in [0.25, 0.3) is 0 Å². The second-order valence-corrected chi connectivity index (χ2v) is 5.48. The van der Waals surface area contributed by atoms with Crippen LogP contribution in [0.4, 0.5) is 10.1 Å². The maximum absolute atomic E-state index is 13.5. The van der Waals surface area contributed by atoms with Crippen LogP contribution in [0.2, 0.25) is 0 Å². The SMILES string of the molecule is Cc1cc(Br)c(F)cc1NC1CCOC(C)C1. The molecule has 0 saturated carbocycles. The number of halogens is 2. The monoisotopic (exact) mass is 301 g/mol. The van der Waals surface area contributed by atoms with Crippen molar-refractivity contribution in [1.82, 2.24) is 0 Å². The van der Waals surface area contributed by atoms with Gasteiger partial charge in [0.1, 0.15) is 5.82 Å². The van der Waals surface area contributed by atoms with Crippen molar-refractivity contribution in [3.63, 3.8) is 0 Å². The fourth-order valence-corrected chi connectivity index (χ4v) is 2.61. The summed E-state index contributed by atoms with van der Waals surface area (Å²) < 4.78 is 19.5. The van der Waals surface area contributed by atoms with Gasteiger partial charge in [0, 0.05) is 18.3 Å². The predicted molar refractivity (Wildman–Crippen MR) is 70.9 cm³/mol. The maximum atomic E-state index is 13.5. The van der Waals surface area contributed by atoms with E-state index >= 15 is 0 Å². The molecule has 2 unspecified atom stereocenters. The van der Waals surface area contributed by atoms with Gasteiger partial charge in [-0.2, -0.15) is 0 Å². The number of anilines is 1. The third-order valence-corrected chi connectivity index (χ3v) is 3.72. The Morgan fingerprint density at radius 2 is 2.24 bits per heavy atom. The molecule has 1 N–H and O–H groups in total. The largest absolute Gasteiger partial charge is 0.382 e. The van der Waals surface area contributed by atoms with E-state index in [1.807, 2.05) is 6.92 Å². The van der Waals surface area contributed by atoms with Gasteiger partial charge < -0.3 is 10.1 Å². The molecule has 2 rings (SSSR count). The fourth-order valence-electron chi connectivity index (χ4n) is 2.15. The number of rotatable bonds is 2. The van der Waals surface area contributed by atoms with E-state index < -0.39 is 0 Å². The van der Waals surface area contributed by atoms with Crippen LogP contribution < -0.4 is 5.32 Å². The zero-order valence-electron chi connectivity index (χ0n) is 10.1. The summed E-state index contributed by atoms with van der Waals surface area (Å²) in [5, 5.41) is 3.41. The third-order valence-electron chi connectivity index (χ3n) is 3.11. The summed E-state index contributed by atoms with van der Waals surface area (Å²) in [6.07, 6.45) is 2.22. The van der Waals surface area contributed by atoms with Gasteiger partial charge in [0.25, 0.3) is 0 Å². The van der Waals surface area contributed by atoms with Crippen LogP contribution in [0, 0.1) is 12.7 Å². The van der Waals surface area contributed by atoms with E-state index in [0.29, 0.717) is 10.5 Å². The molecule has 2 nitrogen and oxygen atoms in total. The minimum absolute atomic E-state index is 0.224. The highest BCUT2D eigenvalue weighted by Gasteiger charge is 2.19. The molecule has 17 heavy (non-hydrogen) atoms. The lowest BCUT2D eigenvalue weighted by Crippen LogP contribution is -2.32. The van der Waals surface area contributed by atoms with E-state index in [0.717, 1.165) is 30.7 Å². The van der Waals surface area contributed by atoms with Crippen molar-refractivity contribution in [2.45, 2.75) is 38.8 Å². The maximum Gasteiger partial charge on any atom is 0.139 e. The van der Waals surface area contributed by atoms with Crippen molar-refractivity contribution in [1.29, 1.82) is 0 Å². The molecule has 1 aromatic rings. The van der Waals surface area contributed by atoms with Gasteiger partial charge in [-0.25, -0.2) is 4.39 Å². The minimum atomic E-state index is -0.224. The summed E-state index contributed by atoms with van der Waals surface area (Å²) in [6.45, 7) is 4.83. The first-order valence-corrected chi connectivity index (χ1v) is 6.69. The second kappa shape index (κ2) is 5.36. The van der Waals surface area contributed by atoms with Crippen LogP contribution >= 0.6 is 15.9 Å². The average Bonchev–Trinajstić information content (AvgIpc) is 2.26. The van der Waals surface area contributed by atoms with Gasteiger partial charge in [-0.3, -0.25) is 0 Å². The molecule has 0 aromatic heterocycles. The van der Waals surface area contributed by atoms with Crippen molar-refractivity contribution >= 4 is 21.6 Å². The summed E-state index contributed by atoms with van der Waals surface area (Å²) in [5.41, 5.74) is 1.93. The van der Waals surface area contributed by atoms with E-state index in [4.69, 9.17) is 4.74 Å². The van der Waals surface area contributed by atoms with Crippen LogP contribution in [0.1, 0.15) is 25.3 Å². The predicted octanol–water partition coefficient (Wildman–Crippen LogP) is 3.88. The zero-order valence-corrected chi connectivity index (χ0v) is 11.7. The molecule has 1 heterocycles. The Labute approximate surface area is 110 Å². The Kier molecular flexibility index (Phi) is 4.05. The number of ether oxygens (including phenoxy) is 1. The standard InChI is InChI=1S/C13H17BrFNO/c1-8-5-11(14)12(15)7-13(8)16-10-3-4-17-9(2)6-10/h5,7,9-10,16H,3-4,6H2,1-2H3. The lowest BCUT2D eigenvalue weighted by Gasteiger charge is -2.29. The Bertz CT molecular complexity index is 411. The van der Waals surface area contributed by atoms with Gasteiger partial charge in [-0.1, -0.05) is 0 Å². The number of aryl methyl sites for hydroxylation is 1. The lowest BCUT2D eigenvalue weighted by atomic mass is 10.0. The highest BCUT2D eigenvalue weighted by atomic mass is 79.9. The van der Waals surface area contributed by atoms with Gasteiger partial charge in [0.15, 0.2) is 0 Å². The van der Waals surface area contributed by atoms with Crippen LogP contribution in [-0.2, 0) is 4.74 Å². The molecule has 1 fully saturated rings. The molecule has 1 saturated heterocycles. The number of hydrogen-bond acceptors (Lipinski definition) is 2. The van der Waals surface area contributed by atoms with E-state index in [1.54, 1.807) is 12.1 Å². The van der Waals surface area contributed by atoms with Gasteiger partial charge in [-0.15, -0.1) is 0 Å². The summed E-state index contributed by atoms with van der Waals surface area (Å²) in [6, 6.07) is 3.73. The van der Waals surface area contributed by atoms with Crippen LogP contribution in [0.3, 0.4) is 0 Å². The average molecular weight is 302 g/mol. The summed E-state index contributed by atoms with van der Waals surface area (Å²) in [7, 11) is 0. The topological polar surface area (TPSA) is 21.3 Å². The second-order valence-electron chi connectivity index (χ2n) is 4.63. The first kappa shape index (κ1) is 12.8. The molecular weight excluding hydrogens is 285 g/mol. The fraction of sp³-hybridized carbons (Fsp3) is 0.538. The molecule has 0 bridgehead atoms. The van der Waals surface area contributed by atoms with Crippen molar-refractivity contribution in [2.24, 2.45) is 0 Å². The van der Waals surface area contributed by atoms with Crippen molar-refractivity contribution in [2.75, 3.05) is 11.9 Å². The Balaban J connectivity index is 2.10. The summed E-state index contributed by atoms with van der Waals surface area (Å²) in [5.74, 6) is -0.224. The third kappa shape index (κ3) is 3.19. The summed E-state index contributed by atoms with van der Waals surface area (Å²) >= 11 is 3.19. The molecular formula is C13H17BrFNO. The van der Waals surface area contributed by atoms with Crippen LogP contribution in [0.15, 0.2) is 16.6 Å². The van der Waals surface area contributed by atoms with Crippen molar-refractivity contribution < 1.29 is 9.13 Å². The summed E-state index contributed by atoms with van der Waals surface area (Å²) in [4.78, 5) is 0. The molecule has 0 aliphatic carbocycles. The molecule has 4 heteroatoms. The molecule has 1 aliphatic heterocycles. The van der Waals surface area contributed by atoms with Gasteiger partial charge in [0.2, 0.25) is 0 Å². The van der Waals surface area contributed by atoms with Gasteiger partial charge in [-0.05, 0) is 60.3 Å². The lowest BCUT2D eigenvalue weighted by molar-refractivity contribution is 0.0232. The van der Waals surface area contributed by atoms with E-state index in [2.05, 4.69) is 28.2 Å². The Hall–Kier alpha value is -0.610. The highest BCUT2D eigenvalue weighted by molar-refractivity contribution is 9.10. The number of hydrogen-bond donors (Lipinski definition) is 1. The first-order chi connectivity index (χ1) is 8.06. The Morgan fingerprint density at radius 3 is 2.94 bits per heavy atom. The van der Waals surface area contributed by atoms with E-state index in [-0.39, 0.29) is 11.9 Å². The van der Waals surface area contributed by atoms with Crippen molar-refractivity contribution in [3.8, 4) is 0 Å². The minimum Gasteiger partial charge on any atom is -0.382 e. The Morgan fingerprint density at radius 1 is 1.47 bits per heavy atom. The molecule has 0 amide bonds. The van der Waals surface area contributed by atoms with Crippen LogP contribution in [0.5, 0.6) is 0 Å². The van der Waals surface area contributed by atoms with E-state index in [9.17, 15) is 4.39 Å². The molecule has 2 atom stereocenters. The zero-order chi connectivity index (χ0) is 12.4. The van der Waals surface area contributed by atoms with Crippen molar-refractivity contribution in [3.05, 3.63) is 28.0 Å². The molecule has 1 aliphatic rings. The quantitative estimate of drug-likeness (QED) is 0.895. The molecule has 0 radical (unpaired) electrons. The molecule has 0 spiro atoms. The smallest absolute Gasteiger partial charge is 0.139 e. The van der Waals surface area contributed by atoms with Gasteiger partial charge >= 0.3 is 0 Å². The number of benzene rings is 1.